The van der Waals surface area contributed by atoms with E-state index in [2.05, 4.69) is 12.2 Å². The zero-order chi connectivity index (χ0) is 16.4. The van der Waals surface area contributed by atoms with Crippen molar-refractivity contribution in [3.8, 4) is 5.75 Å². The summed E-state index contributed by atoms with van der Waals surface area (Å²) in [6.45, 7) is 0.650. The normalized spacial score (nSPS) is 28.1. The van der Waals surface area contributed by atoms with Crippen LogP contribution < -0.4 is 4.74 Å². The summed E-state index contributed by atoms with van der Waals surface area (Å²) in [6.07, 6.45) is 10.1. The highest BCUT2D eigenvalue weighted by atomic mass is 16.5. The number of hydrogen-bond donors (Lipinski definition) is 0. The second-order valence-electron chi connectivity index (χ2n) is 5.95. The maximum Gasteiger partial charge on any atom is 0.250 e. The molecule has 1 fully saturated rings. The van der Waals surface area contributed by atoms with E-state index < -0.39 is 0 Å². The van der Waals surface area contributed by atoms with Crippen LogP contribution in [0.2, 0.25) is 0 Å². The number of hydrogen-bond acceptors (Lipinski definition) is 3. The number of rotatable bonds is 3. The summed E-state index contributed by atoms with van der Waals surface area (Å²) in [6, 6.07) is 7.71. The molecule has 3 rings (SSSR count). The molecule has 1 heterocycles. The van der Waals surface area contributed by atoms with E-state index in [0.29, 0.717) is 6.54 Å². The Bertz CT molecular complexity index is 671. The molecule has 1 aromatic rings. The third-order valence-electron chi connectivity index (χ3n) is 4.44. The van der Waals surface area contributed by atoms with E-state index in [1.807, 2.05) is 49.5 Å². The molecular formula is C19H21NO3. The minimum atomic E-state index is -0.374. The molecule has 1 aromatic carbocycles. The predicted molar refractivity (Wildman–Crippen MR) is 90.1 cm³/mol. The van der Waals surface area contributed by atoms with Crippen LogP contribution in [0.4, 0.5) is 0 Å². The van der Waals surface area contributed by atoms with Crippen LogP contribution in [-0.2, 0) is 9.53 Å². The Morgan fingerprint density at radius 2 is 1.83 bits per heavy atom. The van der Waals surface area contributed by atoms with Crippen molar-refractivity contribution in [2.75, 3.05) is 27.8 Å². The van der Waals surface area contributed by atoms with E-state index in [9.17, 15) is 4.79 Å². The number of methoxy groups -OCH3 is 2. The first-order chi connectivity index (χ1) is 11.1. The third-order valence-corrected chi connectivity index (χ3v) is 4.44. The van der Waals surface area contributed by atoms with E-state index in [1.165, 1.54) is 0 Å². The zero-order valence-corrected chi connectivity index (χ0v) is 13.7. The second-order valence-corrected chi connectivity index (χ2v) is 5.95. The molecule has 0 radical (unpaired) electrons. The molecule has 120 valence electrons. The molecule has 4 heteroatoms. The molecule has 1 aliphatic carbocycles. The maximum absolute atomic E-state index is 12.6. The maximum atomic E-state index is 12.6. The van der Waals surface area contributed by atoms with Crippen molar-refractivity contribution in [3.63, 3.8) is 0 Å². The van der Waals surface area contributed by atoms with Crippen LogP contribution in [0, 0.1) is 5.41 Å². The number of nitrogens with zero attached hydrogens (tertiary/aromatic N) is 1. The van der Waals surface area contributed by atoms with Crippen molar-refractivity contribution in [1.29, 1.82) is 0 Å². The summed E-state index contributed by atoms with van der Waals surface area (Å²) < 4.78 is 10.5. The Morgan fingerprint density at radius 1 is 1.17 bits per heavy atom. The average Bonchev–Trinajstić information content (AvgIpc) is 2.81. The van der Waals surface area contributed by atoms with Gasteiger partial charge in [0.25, 0.3) is 5.91 Å². The van der Waals surface area contributed by atoms with Gasteiger partial charge in [-0.2, -0.15) is 0 Å². The van der Waals surface area contributed by atoms with Crippen LogP contribution in [0.25, 0.3) is 6.08 Å². The van der Waals surface area contributed by atoms with Gasteiger partial charge in [-0.25, -0.2) is 0 Å². The van der Waals surface area contributed by atoms with Crippen LogP contribution in [0.5, 0.6) is 5.75 Å². The van der Waals surface area contributed by atoms with Gasteiger partial charge in [-0.15, -0.1) is 0 Å². The summed E-state index contributed by atoms with van der Waals surface area (Å²) in [5.74, 6) is 0.864. The van der Waals surface area contributed by atoms with Gasteiger partial charge in [0, 0.05) is 26.3 Å². The molecule has 1 aliphatic heterocycles. The van der Waals surface area contributed by atoms with Crippen molar-refractivity contribution in [2.24, 2.45) is 5.41 Å². The Hall–Kier alpha value is -2.33. The standard InChI is InChI=1S/C19H21NO3/c1-20-13-19(10-8-16(23-3)9-11-19)17(18(20)21)12-14-4-6-15(22-2)7-5-14/h4-12,16H,13H2,1-3H3/b17-12+. The largest absolute Gasteiger partial charge is 0.497 e. The van der Waals surface area contributed by atoms with Crippen LogP contribution in [0.3, 0.4) is 0 Å². The molecular weight excluding hydrogens is 290 g/mol. The van der Waals surface area contributed by atoms with Gasteiger partial charge in [-0.05, 0) is 23.8 Å². The number of likely N-dealkylation sites (N-methyl/N-ethyl adjacent to an activating group) is 1. The fraction of sp³-hybridized carbons (Fsp3) is 0.316. The molecule has 0 aromatic heterocycles. The lowest BCUT2D eigenvalue weighted by atomic mass is 9.78. The van der Waals surface area contributed by atoms with E-state index in [-0.39, 0.29) is 17.4 Å². The quantitative estimate of drug-likeness (QED) is 0.636. The summed E-state index contributed by atoms with van der Waals surface area (Å²) >= 11 is 0. The zero-order valence-electron chi connectivity index (χ0n) is 13.7. The summed E-state index contributed by atoms with van der Waals surface area (Å²) in [4.78, 5) is 14.4. The van der Waals surface area contributed by atoms with E-state index in [4.69, 9.17) is 9.47 Å². The van der Waals surface area contributed by atoms with Crippen LogP contribution >= 0.6 is 0 Å². The lowest BCUT2D eigenvalue weighted by Gasteiger charge is -2.26. The fourth-order valence-corrected chi connectivity index (χ4v) is 3.11. The third kappa shape index (κ3) is 2.82. The summed E-state index contributed by atoms with van der Waals surface area (Å²) in [7, 11) is 5.15. The average molecular weight is 311 g/mol. The van der Waals surface area contributed by atoms with Gasteiger partial charge >= 0.3 is 0 Å². The summed E-state index contributed by atoms with van der Waals surface area (Å²) in [5, 5.41) is 0. The smallest absolute Gasteiger partial charge is 0.250 e. The van der Waals surface area contributed by atoms with Crippen molar-refractivity contribution < 1.29 is 14.3 Å². The van der Waals surface area contributed by atoms with Gasteiger partial charge in [0.15, 0.2) is 0 Å². The molecule has 23 heavy (non-hydrogen) atoms. The molecule has 1 amide bonds. The van der Waals surface area contributed by atoms with Crippen molar-refractivity contribution in [3.05, 3.63) is 59.7 Å². The number of likely N-dealkylation sites (tertiary alicyclic amines) is 1. The Labute approximate surface area is 136 Å². The van der Waals surface area contributed by atoms with Crippen molar-refractivity contribution >= 4 is 12.0 Å². The first-order valence-corrected chi connectivity index (χ1v) is 7.61. The van der Waals surface area contributed by atoms with E-state index in [0.717, 1.165) is 16.9 Å². The van der Waals surface area contributed by atoms with Gasteiger partial charge in [0.1, 0.15) is 5.75 Å². The number of carbonyl (C=O) groups excluding carboxylic acids is 1. The molecule has 0 saturated carbocycles. The number of benzene rings is 1. The van der Waals surface area contributed by atoms with Gasteiger partial charge in [-0.1, -0.05) is 36.4 Å². The van der Waals surface area contributed by atoms with Gasteiger partial charge in [0.05, 0.1) is 18.6 Å². The molecule has 0 atom stereocenters. The predicted octanol–water partition coefficient (Wildman–Crippen LogP) is 2.68. The van der Waals surface area contributed by atoms with E-state index >= 15 is 0 Å². The summed E-state index contributed by atoms with van der Waals surface area (Å²) in [5.41, 5.74) is 1.40. The minimum Gasteiger partial charge on any atom is -0.497 e. The number of amides is 1. The van der Waals surface area contributed by atoms with Gasteiger partial charge in [0.2, 0.25) is 0 Å². The van der Waals surface area contributed by atoms with Crippen LogP contribution in [0.1, 0.15) is 5.56 Å². The minimum absolute atomic E-state index is 0.0242. The van der Waals surface area contributed by atoms with Crippen LogP contribution in [-0.4, -0.2) is 44.7 Å². The Morgan fingerprint density at radius 3 is 2.39 bits per heavy atom. The highest BCUT2D eigenvalue weighted by Crippen LogP contribution is 2.42. The van der Waals surface area contributed by atoms with Crippen molar-refractivity contribution in [1.82, 2.24) is 4.90 Å². The van der Waals surface area contributed by atoms with E-state index in [1.54, 1.807) is 19.1 Å². The van der Waals surface area contributed by atoms with Gasteiger partial charge in [-0.3, -0.25) is 4.79 Å². The molecule has 2 aliphatic rings. The fourth-order valence-electron chi connectivity index (χ4n) is 3.11. The van der Waals surface area contributed by atoms with Gasteiger partial charge < -0.3 is 14.4 Å². The highest BCUT2D eigenvalue weighted by molar-refractivity contribution is 6.02. The monoisotopic (exact) mass is 311 g/mol. The Kier molecular flexibility index (Phi) is 4.09. The van der Waals surface area contributed by atoms with Crippen LogP contribution in [0.15, 0.2) is 54.1 Å². The molecule has 1 saturated heterocycles. The molecule has 0 bridgehead atoms. The molecule has 0 unspecified atom stereocenters. The number of ether oxygens (including phenoxy) is 2. The molecule has 4 nitrogen and oxygen atoms in total. The second kappa shape index (κ2) is 6.05. The number of carbonyl (C=O) groups is 1. The first kappa shape index (κ1) is 15.6. The lowest BCUT2D eigenvalue weighted by Crippen LogP contribution is -2.25. The molecule has 0 N–H and O–H groups in total. The lowest BCUT2D eigenvalue weighted by molar-refractivity contribution is -0.123. The molecule has 1 spiro atoms. The topological polar surface area (TPSA) is 38.8 Å². The first-order valence-electron chi connectivity index (χ1n) is 7.61. The SMILES string of the molecule is COc1ccc(/C=C2\C(=O)N(C)CC23C=CC(OC)C=C3)cc1. The van der Waals surface area contributed by atoms with Crippen molar-refractivity contribution in [2.45, 2.75) is 6.10 Å². The Balaban J connectivity index is 1.98. The highest BCUT2D eigenvalue weighted by Gasteiger charge is 2.44.